The Morgan fingerprint density at radius 2 is 2.00 bits per heavy atom. The van der Waals surface area contributed by atoms with Crippen molar-refractivity contribution >= 4 is 10.9 Å². The van der Waals surface area contributed by atoms with Gasteiger partial charge < -0.3 is 4.98 Å². The first-order chi connectivity index (χ1) is 13.7. The number of pyridine rings is 1. The van der Waals surface area contributed by atoms with Crippen molar-refractivity contribution in [2.45, 2.75) is 31.8 Å². The van der Waals surface area contributed by atoms with Gasteiger partial charge >= 0.3 is 0 Å². The fraction of sp³-hybridized carbons (Fsp3) is 0.318. The van der Waals surface area contributed by atoms with Gasteiger partial charge in [0.2, 0.25) is 0 Å². The van der Waals surface area contributed by atoms with Crippen molar-refractivity contribution in [3.8, 4) is 11.3 Å². The van der Waals surface area contributed by atoms with E-state index >= 15 is 0 Å². The Bertz CT molecular complexity index is 1180. The smallest absolute Gasteiger partial charge is 0.103 e. The fourth-order valence-corrected chi connectivity index (χ4v) is 4.85. The molecule has 2 aliphatic rings. The number of nitrogens with zero attached hydrogens (tertiary/aromatic N) is 5. The van der Waals surface area contributed by atoms with Gasteiger partial charge in [-0.15, -0.1) is 0 Å². The van der Waals surface area contributed by atoms with E-state index in [0.717, 1.165) is 54.2 Å². The second-order valence-corrected chi connectivity index (χ2v) is 8.22. The molecule has 3 aromatic heterocycles. The van der Waals surface area contributed by atoms with Crippen molar-refractivity contribution in [2.24, 2.45) is 0 Å². The summed E-state index contributed by atoms with van der Waals surface area (Å²) in [6.45, 7) is 6.13. The number of benzene rings is 1. The van der Waals surface area contributed by atoms with Crippen LogP contribution >= 0.6 is 0 Å². The molecule has 1 spiro atoms. The average molecular weight is 370 g/mol. The van der Waals surface area contributed by atoms with Crippen molar-refractivity contribution in [3.05, 3.63) is 66.0 Å². The molecular weight excluding hydrogens is 348 g/mol. The van der Waals surface area contributed by atoms with Gasteiger partial charge in [-0.1, -0.05) is 18.2 Å². The first-order valence-corrected chi connectivity index (χ1v) is 9.85. The number of para-hydroxylation sites is 1. The van der Waals surface area contributed by atoms with E-state index < -0.39 is 0 Å². The molecule has 0 radical (unpaired) electrons. The number of aromatic amines is 1. The zero-order chi connectivity index (χ0) is 18.7. The van der Waals surface area contributed by atoms with Gasteiger partial charge in [0.15, 0.2) is 0 Å². The number of nitrogens with one attached hydrogen (secondary N) is 1. The van der Waals surface area contributed by atoms with Crippen LogP contribution in [0.3, 0.4) is 0 Å². The number of imidazole rings is 1. The van der Waals surface area contributed by atoms with Gasteiger partial charge in [0.25, 0.3) is 0 Å². The van der Waals surface area contributed by atoms with Gasteiger partial charge in [-0.2, -0.15) is 5.10 Å². The summed E-state index contributed by atoms with van der Waals surface area (Å²) in [7, 11) is 0. The van der Waals surface area contributed by atoms with E-state index in [2.05, 4.69) is 48.8 Å². The predicted molar refractivity (Wildman–Crippen MR) is 108 cm³/mol. The number of aryl methyl sites for hydroxylation is 2. The van der Waals surface area contributed by atoms with Crippen LogP contribution in [0.2, 0.25) is 0 Å². The highest BCUT2D eigenvalue weighted by molar-refractivity contribution is 5.82. The molecule has 140 valence electrons. The van der Waals surface area contributed by atoms with E-state index in [1.165, 1.54) is 17.8 Å². The fourth-order valence-electron chi connectivity index (χ4n) is 4.85. The Morgan fingerprint density at radius 3 is 2.86 bits per heavy atom. The Morgan fingerprint density at radius 1 is 1.11 bits per heavy atom. The Labute approximate surface area is 163 Å². The summed E-state index contributed by atoms with van der Waals surface area (Å²) in [5, 5.41) is 6.06. The summed E-state index contributed by atoms with van der Waals surface area (Å²) in [5.41, 5.74) is 5.99. The topological polar surface area (TPSA) is 62.6 Å². The van der Waals surface area contributed by atoms with Crippen molar-refractivity contribution in [1.29, 1.82) is 0 Å². The Hall–Kier alpha value is -2.99. The number of hydrogen-bond acceptors (Lipinski definition) is 4. The normalized spacial score (nSPS) is 17.9. The highest BCUT2D eigenvalue weighted by Crippen LogP contribution is 2.44. The van der Waals surface area contributed by atoms with Crippen LogP contribution < -0.4 is 0 Å². The summed E-state index contributed by atoms with van der Waals surface area (Å²) in [4.78, 5) is 14.7. The molecule has 6 rings (SSSR count). The van der Waals surface area contributed by atoms with Crippen LogP contribution in [0.25, 0.3) is 22.2 Å². The molecule has 5 heterocycles. The van der Waals surface area contributed by atoms with Crippen molar-refractivity contribution in [3.63, 3.8) is 0 Å². The molecular formula is C22H22N6. The molecule has 6 nitrogen and oxygen atoms in total. The van der Waals surface area contributed by atoms with Crippen LogP contribution in [-0.2, 0) is 18.5 Å². The van der Waals surface area contributed by atoms with Crippen molar-refractivity contribution in [2.75, 3.05) is 13.1 Å². The van der Waals surface area contributed by atoms with Gasteiger partial charge in [0.1, 0.15) is 5.82 Å². The van der Waals surface area contributed by atoms with Gasteiger partial charge in [-0.3, -0.25) is 14.6 Å². The molecule has 0 amide bonds. The lowest BCUT2D eigenvalue weighted by molar-refractivity contribution is 0.0571. The third kappa shape index (κ3) is 2.41. The molecule has 6 heteroatoms. The second-order valence-electron chi connectivity index (χ2n) is 8.22. The maximum atomic E-state index is 4.90. The molecule has 0 aliphatic carbocycles. The minimum atomic E-state index is 0.255. The monoisotopic (exact) mass is 370 g/mol. The van der Waals surface area contributed by atoms with E-state index in [1.807, 2.05) is 31.5 Å². The molecule has 1 fully saturated rings. The highest BCUT2D eigenvalue weighted by Gasteiger charge is 2.49. The quantitative estimate of drug-likeness (QED) is 0.601. The van der Waals surface area contributed by atoms with Crippen molar-refractivity contribution in [1.82, 2.24) is 29.6 Å². The second kappa shape index (κ2) is 5.75. The van der Waals surface area contributed by atoms with Crippen LogP contribution in [0, 0.1) is 6.92 Å². The molecule has 2 aliphatic heterocycles. The molecule has 4 aromatic rings. The minimum absolute atomic E-state index is 0.255. The molecule has 1 N–H and O–H groups in total. The van der Waals surface area contributed by atoms with Gasteiger partial charge in [-0.05, 0) is 31.5 Å². The summed E-state index contributed by atoms with van der Waals surface area (Å²) < 4.78 is 2.21. The Balaban J connectivity index is 1.26. The molecule has 0 atom stereocenters. The van der Waals surface area contributed by atoms with Gasteiger partial charge in [0.05, 0.1) is 11.2 Å². The number of H-pyrrole nitrogens is 1. The standard InChI is InChI=1S/C22H22N6/c1-15-23-11-18(25-15)12-27-13-22(14-27)6-7-28-21(22)9-20(26-28)17-8-16-4-2-3-5-19(16)24-10-17/h2-5,8-11H,6-7,12-14H2,1H3,(H,23,25). The summed E-state index contributed by atoms with van der Waals surface area (Å²) >= 11 is 0. The first kappa shape index (κ1) is 16.0. The maximum Gasteiger partial charge on any atom is 0.103 e. The number of likely N-dealkylation sites (tertiary alicyclic amines) is 1. The number of fused-ring (bicyclic) bond motifs is 3. The highest BCUT2D eigenvalue weighted by atomic mass is 15.3. The van der Waals surface area contributed by atoms with E-state index in [-0.39, 0.29) is 5.41 Å². The summed E-state index contributed by atoms with van der Waals surface area (Å²) in [5.74, 6) is 0.984. The molecule has 1 aromatic carbocycles. The number of rotatable bonds is 3. The van der Waals surface area contributed by atoms with Crippen LogP contribution in [0.15, 0.2) is 48.8 Å². The lowest BCUT2D eigenvalue weighted by Crippen LogP contribution is -2.57. The summed E-state index contributed by atoms with van der Waals surface area (Å²) in [6, 6.07) is 12.7. The molecule has 1 saturated heterocycles. The maximum absolute atomic E-state index is 4.90. The van der Waals surface area contributed by atoms with Gasteiger partial charge in [0, 0.05) is 66.3 Å². The first-order valence-electron chi connectivity index (χ1n) is 9.85. The number of hydrogen-bond donors (Lipinski definition) is 1. The van der Waals surface area contributed by atoms with E-state index in [4.69, 9.17) is 5.10 Å². The van der Waals surface area contributed by atoms with E-state index in [0.29, 0.717) is 0 Å². The third-order valence-electron chi connectivity index (χ3n) is 6.21. The van der Waals surface area contributed by atoms with E-state index in [1.54, 1.807) is 0 Å². The minimum Gasteiger partial charge on any atom is -0.345 e. The van der Waals surface area contributed by atoms with Crippen LogP contribution in [-0.4, -0.2) is 42.7 Å². The van der Waals surface area contributed by atoms with Crippen LogP contribution in [0.5, 0.6) is 0 Å². The zero-order valence-corrected chi connectivity index (χ0v) is 15.9. The predicted octanol–water partition coefficient (Wildman–Crippen LogP) is 3.29. The molecule has 0 unspecified atom stereocenters. The zero-order valence-electron chi connectivity index (χ0n) is 15.9. The SMILES string of the molecule is Cc1ncc(CN2CC3(CCn4nc(-c5cnc6ccccc6c5)cc43)C2)[nH]1. The largest absolute Gasteiger partial charge is 0.345 e. The molecule has 0 bridgehead atoms. The Kier molecular flexibility index (Phi) is 3.29. The van der Waals surface area contributed by atoms with Crippen LogP contribution in [0.4, 0.5) is 0 Å². The van der Waals surface area contributed by atoms with Crippen LogP contribution in [0.1, 0.15) is 23.6 Å². The number of aromatic nitrogens is 5. The molecule has 0 saturated carbocycles. The molecule has 28 heavy (non-hydrogen) atoms. The average Bonchev–Trinajstić information content (AvgIpc) is 3.37. The third-order valence-corrected chi connectivity index (χ3v) is 6.21. The lowest BCUT2D eigenvalue weighted by atomic mass is 9.75. The lowest BCUT2D eigenvalue weighted by Gasteiger charge is -2.47. The van der Waals surface area contributed by atoms with E-state index in [9.17, 15) is 0 Å². The van der Waals surface area contributed by atoms with Crippen molar-refractivity contribution < 1.29 is 0 Å². The van der Waals surface area contributed by atoms with Gasteiger partial charge in [-0.25, -0.2) is 4.98 Å². The summed E-state index contributed by atoms with van der Waals surface area (Å²) in [6.07, 6.45) is 5.08.